The second kappa shape index (κ2) is 9.28. The van der Waals surface area contributed by atoms with Crippen LogP contribution in [-0.2, 0) is 11.4 Å². The van der Waals surface area contributed by atoms with E-state index >= 15 is 0 Å². The summed E-state index contributed by atoms with van der Waals surface area (Å²) >= 11 is 0. The molecule has 1 heterocycles. The molecule has 0 fully saturated rings. The number of nitrogens with zero attached hydrogens (tertiary/aromatic N) is 1. The molecule has 1 N–H and O–H groups in total. The molecule has 0 aromatic heterocycles. The maximum Gasteiger partial charge on any atom is 0.221 e. The van der Waals surface area contributed by atoms with Crippen molar-refractivity contribution in [3.05, 3.63) is 54.1 Å². The number of ether oxygens (including phenoxy) is 3. The molecule has 1 atom stereocenters. The second-order valence-electron chi connectivity index (χ2n) is 6.79. The van der Waals surface area contributed by atoms with Gasteiger partial charge >= 0.3 is 0 Å². The molecule has 0 radical (unpaired) electrons. The van der Waals surface area contributed by atoms with Crippen LogP contribution in [0.3, 0.4) is 0 Å². The number of hydrogen-bond acceptors (Lipinski definition) is 5. The van der Waals surface area contributed by atoms with Crippen molar-refractivity contribution in [3.8, 4) is 17.2 Å². The Morgan fingerprint density at radius 2 is 2.00 bits per heavy atom. The molecule has 144 valence electrons. The van der Waals surface area contributed by atoms with E-state index in [2.05, 4.69) is 5.32 Å². The Morgan fingerprint density at radius 1 is 1.19 bits per heavy atom. The molecule has 0 saturated heterocycles. The Balaban J connectivity index is 1.51. The summed E-state index contributed by atoms with van der Waals surface area (Å²) in [6.07, 6.45) is 0.249. The van der Waals surface area contributed by atoms with Gasteiger partial charge in [-0.2, -0.15) is 0 Å². The Hall–Kier alpha value is -2.73. The van der Waals surface area contributed by atoms with Crippen molar-refractivity contribution in [2.75, 3.05) is 33.8 Å². The van der Waals surface area contributed by atoms with Gasteiger partial charge in [-0.15, -0.1) is 0 Å². The van der Waals surface area contributed by atoms with Crippen LogP contribution in [0.4, 0.5) is 0 Å². The lowest BCUT2D eigenvalue weighted by atomic mass is 10.2. The lowest BCUT2D eigenvalue weighted by Gasteiger charge is -2.27. The van der Waals surface area contributed by atoms with E-state index < -0.39 is 0 Å². The van der Waals surface area contributed by atoms with Gasteiger partial charge in [-0.1, -0.05) is 30.3 Å². The molecule has 0 aliphatic carbocycles. The zero-order valence-electron chi connectivity index (χ0n) is 15.8. The summed E-state index contributed by atoms with van der Waals surface area (Å²) in [4.78, 5) is 13.8. The maximum absolute atomic E-state index is 11.9. The van der Waals surface area contributed by atoms with Gasteiger partial charge in [-0.25, -0.2) is 0 Å². The molecule has 2 aromatic rings. The first-order valence-corrected chi connectivity index (χ1v) is 9.12. The molecule has 1 aliphatic heterocycles. The lowest BCUT2D eigenvalue weighted by Crippen LogP contribution is -2.41. The van der Waals surface area contributed by atoms with E-state index in [4.69, 9.17) is 14.2 Å². The Kier molecular flexibility index (Phi) is 6.54. The summed E-state index contributed by atoms with van der Waals surface area (Å²) in [6, 6.07) is 15.5. The molecule has 3 rings (SSSR count). The fourth-order valence-corrected chi connectivity index (χ4v) is 2.67. The van der Waals surface area contributed by atoms with E-state index in [-0.39, 0.29) is 12.0 Å². The smallest absolute Gasteiger partial charge is 0.221 e. The highest BCUT2D eigenvalue weighted by Crippen LogP contribution is 2.35. The first kappa shape index (κ1) is 19.0. The Morgan fingerprint density at radius 3 is 2.78 bits per heavy atom. The van der Waals surface area contributed by atoms with Crippen LogP contribution in [-0.4, -0.2) is 50.7 Å². The molecule has 27 heavy (non-hydrogen) atoms. The Bertz CT molecular complexity index is 749. The summed E-state index contributed by atoms with van der Waals surface area (Å²) in [5.41, 5.74) is 1.10. The average molecular weight is 370 g/mol. The monoisotopic (exact) mass is 370 g/mol. The number of fused-ring (bicyclic) bond motifs is 1. The van der Waals surface area contributed by atoms with Crippen LogP contribution in [0.1, 0.15) is 12.0 Å². The fraction of sp³-hybridized carbons (Fsp3) is 0.381. The van der Waals surface area contributed by atoms with Crippen molar-refractivity contribution in [2.45, 2.75) is 19.1 Å². The minimum absolute atomic E-state index is 0.0121. The zero-order chi connectivity index (χ0) is 19.1. The number of amides is 1. The van der Waals surface area contributed by atoms with Gasteiger partial charge in [0.15, 0.2) is 11.5 Å². The van der Waals surface area contributed by atoms with Crippen molar-refractivity contribution >= 4 is 5.91 Å². The minimum atomic E-state index is -0.217. The largest absolute Gasteiger partial charge is 0.489 e. The molecule has 1 aliphatic rings. The lowest BCUT2D eigenvalue weighted by molar-refractivity contribution is -0.121. The Labute approximate surface area is 160 Å². The van der Waals surface area contributed by atoms with Crippen LogP contribution in [0.15, 0.2) is 48.5 Å². The van der Waals surface area contributed by atoms with Gasteiger partial charge in [0.1, 0.15) is 25.1 Å². The molecule has 1 unspecified atom stereocenters. The SMILES string of the molecule is CN(C)CCC(=O)NCC1COc2ccc(OCc3ccccc3)cc2O1. The highest BCUT2D eigenvalue weighted by atomic mass is 16.6. The van der Waals surface area contributed by atoms with Crippen LogP contribution in [0.25, 0.3) is 0 Å². The van der Waals surface area contributed by atoms with E-state index in [1.54, 1.807) is 0 Å². The first-order valence-electron chi connectivity index (χ1n) is 9.12. The van der Waals surface area contributed by atoms with Gasteiger partial charge in [0.25, 0.3) is 0 Å². The van der Waals surface area contributed by atoms with Crippen molar-refractivity contribution in [1.82, 2.24) is 10.2 Å². The van der Waals surface area contributed by atoms with Crippen LogP contribution in [0.5, 0.6) is 17.2 Å². The third-order valence-corrected chi connectivity index (χ3v) is 4.19. The molecule has 6 nitrogen and oxygen atoms in total. The van der Waals surface area contributed by atoms with E-state index in [1.807, 2.05) is 67.5 Å². The number of hydrogen-bond donors (Lipinski definition) is 1. The molecule has 0 saturated carbocycles. The molecular formula is C21H26N2O4. The minimum Gasteiger partial charge on any atom is -0.489 e. The summed E-state index contributed by atoms with van der Waals surface area (Å²) in [5.74, 6) is 2.06. The predicted octanol–water partition coefficient (Wildman–Crippen LogP) is 2.47. The van der Waals surface area contributed by atoms with Gasteiger partial charge < -0.3 is 24.4 Å². The standard InChI is InChI=1S/C21H26N2O4/c1-23(2)11-10-21(24)22-13-18-15-26-19-9-8-17(12-20(19)27-18)25-14-16-6-4-3-5-7-16/h3-9,12,18H,10-11,13-15H2,1-2H3,(H,22,24). The van der Waals surface area contributed by atoms with Crippen molar-refractivity contribution in [2.24, 2.45) is 0 Å². The van der Waals surface area contributed by atoms with Crippen LogP contribution in [0.2, 0.25) is 0 Å². The quantitative estimate of drug-likeness (QED) is 0.774. The van der Waals surface area contributed by atoms with Crippen LogP contribution < -0.4 is 19.5 Å². The molecule has 6 heteroatoms. The molecular weight excluding hydrogens is 344 g/mol. The molecule has 2 aromatic carbocycles. The number of benzene rings is 2. The van der Waals surface area contributed by atoms with Gasteiger partial charge in [0, 0.05) is 19.0 Å². The van der Waals surface area contributed by atoms with Gasteiger partial charge in [0.2, 0.25) is 5.91 Å². The topological polar surface area (TPSA) is 60.0 Å². The number of nitrogens with one attached hydrogen (secondary N) is 1. The molecule has 0 spiro atoms. The van der Waals surface area contributed by atoms with E-state index in [0.29, 0.717) is 37.7 Å². The van der Waals surface area contributed by atoms with Crippen LogP contribution >= 0.6 is 0 Å². The van der Waals surface area contributed by atoms with Crippen molar-refractivity contribution in [3.63, 3.8) is 0 Å². The highest BCUT2D eigenvalue weighted by molar-refractivity contribution is 5.76. The average Bonchev–Trinajstić information content (AvgIpc) is 2.69. The van der Waals surface area contributed by atoms with Gasteiger partial charge in [0.05, 0.1) is 6.54 Å². The predicted molar refractivity (Wildman–Crippen MR) is 103 cm³/mol. The molecule has 1 amide bonds. The third-order valence-electron chi connectivity index (χ3n) is 4.19. The number of carbonyl (C=O) groups is 1. The normalized spacial score (nSPS) is 15.4. The van der Waals surface area contributed by atoms with Crippen molar-refractivity contribution < 1.29 is 19.0 Å². The number of carbonyl (C=O) groups excluding carboxylic acids is 1. The first-order chi connectivity index (χ1) is 13.1. The fourth-order valence-electron chi connectivity index (χ4n) is 2.67. The third kappa shape index (κ3) is 5.89. The molecule has 0 bridgehead atoms. The second-order valence-corrected chi connectivity index (χ2v) is 6.79. The van der Waals surface area contributed by atoms with Gasteiger partial charge in [-0.3, -0.25) is 4.79 Å². The van der Waals surface area contributed by atoms with E-state index in [0.717, 1.165) is 17.9 Å². The zero-order valence-corrected chi connectivity index (χ0v) is 15.8. The van der Waals surface area contributed by atoms with Gasteiger partial charge in [-0.05, 0) is 31.8 Å². The summed E-state index contributed by atoms with van der Waals surface area (Å²) in [5, 5.41) is 2.90. The summed E-state index contributed by atoms with van der Waals surface area (Å²) < 4.78 is 17.6. The van der Waals surface area contributed by atoms with E-state index in [1.165, 1.54) is 0 Å². The van der Waals surface area contributed by atoms with Crippen LogP contribution in [0, 0.1) is 0 Å². The number of rotatable bonds is 8. The van der Waals surface area contributed by atoms with E-state index in [9.17, 15) is 4.79 Å². The van der Waals surface area contributed by atoms with Crippen molar-refractivity contribution in [1.29, 1.82) is 0 Å². The maximum atomic E-state index is 11.9. The summed E-state index contributed by atoms with van der Waals surface area (Å²) in [7, 11) is 3.89. The highest BCUT2D eigenvalue weighted by Gasteiger charge is 2.22. The summed E-state index contributed by atoms with van der Waals surface area (Å²) in [6.45, 7) is 2.04.